The zero-order chi connectivity index (χ0) is 22.8. The van der Waals surface area contributed by atoms with Gasteiger partial charge in [-0.1, -0.05) is 37.1 Å². The van der Waals surface area contributed by atoms with Crippen molar-refractivity contribution in [2.45, 2.75) is 44.2 Å². The van der Waals surface area contributed by atoms with Crippen LogP contribution >= 0.6 is 0 Å². The van der Waals surface area contributed by atoms with E-state index in [1.165, 1.54) is 18.3 Å². The molecule has 6 nitrogen and oxygen atoms in total. The summed E-state index contributed by atoms with van der Waals surface area (Å²) in [5, 5.41) is 17.6. The molecular weight excluding hydrogens is 419 g/mol. The third-order valence-electron chi connectivity index (χ3n) is 6.23. The van der Waals surface area contributed by atoms with Crippen LogP contribution in [0.3, 0.4) is 0 Å². The number of nitrogens with zero attached hydrogens (tertiary/aromatic N) is 3. The zero-order valence-electron chi connectivity index (χ0n) is 18.1. The molecule has 1 aromatic carbocycles. The Hall–Kier alpha value is -3.58. The van der Waals surface area contributed by atoms with E-state index >= 15 is 0 Å². The van der Waals surface area contributed by atoms with Crippen LogP contribution in [0.5, 0.6) is 0 Å². The first-order valence-electron chi connectivity index (χ1n) is 11.2. The molecule has 1 amide bonds. The topological polar surface area (TPSA) is 79.5 Å². The summed E-state index contributed by atoms with van der Waals surface area (Å²) in [6.07, 6.45) is 6.85. The number of amides is 1. The van der Waals surface area contributed by atoms with Crippen molar-refractivity contribution < 1.29 is 14.3 Å². The van der Waals surface area contributed by atoms with Gasteiger partial charge < -0.3 is 10.4 Å². The van der Waals surface area contributed by atoms with Crippen LogP contribution < -0.4 is 5.32 Å². The van der Waals surface area contributed by atoms with E-state index in [2.05, 4.69) is 15.4 Å². The molecule has 1 aliphatic rings. The highest BCUT2D eigenvalue weighted by Gasteiger charge is 2.25. The standard InChI is InChI=1S/C26H25FN4O2/c27-20-11-12-28-22(16-20)18-9-7-17(8-10-18)14-19-15-23(30-31-13-3-5-24(19)31)26(33)29-21-4-1-2-6-25(21)32/h3,5,7-13,15-16,21,25,32H,1-2,4,6,14H2,(H,29,33)/t21-,25-/m0/s1. The largest absolute Gasteiger partial charge is 0.391 e. The Bertz CT molecular complexity index is 1290. The molecule has 2 atom stereocenters. The number of nitrogens with one attached hydrogen (secondary N) is 1. The maximum absolute atomic E-state index is 13.5. The summed E-state index contributed by atoms with van der Waals surface area (Å²) in [6, 6.07) is 16.0. The fourth-order valence-corrected chi connectivity index (χ4v) is 4.45. The number of aromatic nitrogens is 3. The predicted octanol–water partition coefficient (Wildman–Crippen LogP) is 4.16. The minimum absolute atomic E-state index is 0.235. The maximum atomic E-state index is 13.5. The van der Waals surface area contributed by atoms with Crippen LogP contribution in [-0.2, 0) is 6.42 Å². The summed E-state index contributed by atoms with van der Waals surface area (Å²) in [5.74, 6) is -0.589. The van der Waals surface area contributed by atoms with Crippen molar-refractivity contribution in [2.24, 2.45) is 0 Å². The zero-order valence-corrected chi connectivity index (χ0v) is 18.1. The van der Waals surface area contributed by atoms with Crippen molar-refractivity contribution in [3.8, 4) is 11.3 Å². The molecule has 3 aromatic heterocycles. The van der Waals surface area contributed by atoms with Gasteiger partial charge in [0.25, 0.3) is 5.91 Å². The van der Waals surface area contributed by atoms with Crippen molar-refractivity contribution in [3.05, 3.63) is 89.6 Å². The molecule has 1 aliphatic carbocycles. The van der Waals surface area contributed by atoms with Crippen LogP contribution in [-0.4, -0.2) is 37.8 Å². The summed E-state index contributed by atoms with van der Waals surface area (Å²) >= 11 is 0. The highest BCUT2D eigenvalue weighted by Crippen LogP contribution is 2.22. The maximum Gasteiger partial charge on any atom is 0.272 e. The molecule has 2 N–H and O–H groups in total. The number of rotatable bonds is 5. The Morgan fingerprint density at radius 3 is 2.73 bits per heavy atom. The lowest BCUT2D eigenvalue weighted by molar-refractivity contribution is 0.0713. The molecule has 0 aliphatic heterocycles. The number of aliphatic hydroxyl groups is 1. The minimum atomic E-state index is -0.511. The monoisotopic (exact) mass is 444 g/mol. The quantitative estimate of drug-likeness (QED) is 0.485. The van der Waals surface area contributed by atoms with E-state index in [1.54, 1.807) is 4.52 Å². The lowest BCUT2D eigenvalue weighted by Gasteiger charge is -2.28. The van der Waals surface area contributed by atoms with Gasteiger partial charge in [-0.25, -0.2) is 8.91 Å². The average molecular weight is 445 g/mol. The number of fused-ring (bicyclic) bond motifs is 1. The fourth-order valence-electron chi connectivity index (χ4n) is 4.45. The van der Waals surface area contributed by atoms with Gasteiger partial charge in [-0.15, -0.1) is 0 Å². The van der Waals surface area contributed by atoms with Crippen molar-refractivity contribution >= 4 is 11.4 Å². The van der Waals surface area contributed by atoms with Crippen molar-refractivity contribution in [1.29, 1.82) is 0 Å². The second kappa shape index (κ2) is 9.11. The summed E-state index contributed by atoms with van der Waals surface area (Å²) in [4.78, 5) is 17.1. The molecule has 4 aromatic rings. The minimum Gasteiger partial charge on any atom is -0.391 e. The molecular formula is C26H25FN4O2. The molecule has 3 heterocycles. The molecule has 0 saturated heterocycles. The van der Waals surface area contributed by atoms with Gasteiger partial charge in [0.1, 0.15) is 11.5 Å². The van der Waals surface area contributed by atoms with Gasteiger partial charge in [-0.3, -0.25) is 9.78 Å². The van der Waals surface area contributed by atoms with E-state index in [0.717, 1.165) is 41.5 Å². The molecule has 33 heavy (non-hydrogen) atoms. The van der Waals surface area contributed by atoms with Gasteiger partial charge in [0.2, 0.25) is 0 Å². The van der Waals surface area contributed by atoms with E-state index in [-0.39, 0.29) is 17.8 Å². The SMILES string of the molecule is O=C(N[C@H]1CCCC[C@@H]1O)c1cc(Cc2ccc(-c3cc(F)ccn3)cc2)c2cccn2n1. The summed E-state index contributed by atoms with van der Waals surface area (Å²) in [5.41, 5.74) is 4.71. The van der Waals surface area contributed by atoms with Gasteiger partial charge in [0.15, 0.2) is 0 Å². The molecule has 0 spiro atoms. The third kappa shape index (κ3) is 4.64. The summed E-state index contributed by atoms with van der Waals surface area (Å²) < 4.78 is 15.2. The number of hydrogen-bond donors (Lipinski definition) is 2. The number of pyridine rings is 1. The van der Waals surface area contributed by atoms with E-state index in [1.807, 2.05) is 48.7 Å². The van der Waals surface area contributed by atoms with Crippen molar-refractivity contribution in [3.63, 3.8) is 0 Å². The summed E-state index contributed by atoms with van der Waals surface area (Å²) in [7, 11) is 0. The van der Waals surface area contributed by atoms with Crippen molar-refractivity contribution in [2.75, 3.05) is 0 Å². The first-order chi connectivity index (χ1) is 16.1. The van der Waals surface area contributed by atoms with Crippen LogP contribution in [0, 0.1) is 5.82 Å². The molecule has 5 rings (SSSR count). The van der Waals surface area contributed by atoms with Gasteiger partial charge in [-0.05, 0) is 54.7 Å². The molecule has 1 saturated carbocycles. The second-order valence-corrected chi connectivity index (χ2v) is 8.56. The number of aliphatic hydroxyl groups excluding tert-OH is 1. The van der Waals surface area contributed by atoms with E-state index in [0.29, 0.717) is 24.2 Å². The Morgan fingerprint density at radius 2 is 1.94 bits per heavy atom. The average Bonchev–Trinajstić information content (AvgIpc) is 3.30. The van der Waals surface area contributed by atoms with Crippen LogP contribution in [0.1, 0.15) is 47.3 Å². The Kier molecular flexibility index (Phi) is 5.88. The van der Waals surface area contributed by atoms with Crippen LogP contribution in [0.15, 0.2) is 67.0 Å². The van der Waals surface area contributed by atoms with E-state index in [4.69, 9.17) is 0 Å². The highest BCUT2D eigenvalue weighted by atomic mass is 19.1. The molecule has 0 bridgehead atoms. The van der Waals surface area contributed by atoms with Crippen molar-refractivity contribution in [1.82, 2.24) is 19.9 Å². The lowest BCUT2D eigenvalue weighted by Crippen LogP contribution is -2.45. The number of halogens is 1. The number of hydrogen-bond acceptors (Lipinski definition) is 4. The Balaban J connectivity index is 1.39. The number of benzene rings is 1. The van der Waals surface area contributed by atoms with Gasteiger partial charge in [0, 0.05) is 24.0 Å². The smallest absolute Gasteiger partial charge is 0.272 e. The number of carbonyl (C=O) groups is 1. The van der Waals surface area contributed by atoms with Crippen LogP contribution in [0.25, 0.3) is 16.8 Å². The summed E-state index contributed by atoms with van der Waals surface area (Å²) in [6.45, 7) is 0. The molecule has 1 fully saturated rings. The van der Waals surface area contributed by atoms with Gasteiger partial charge in [-0.2, -0.15) is 5.10 Å². The molecule has 168 valence electrons. The van der Waals surface area contributed by atoms with E-state index < -0.39 is 6.10 Å². The molecule has 0 radical (unpaired) electrons. The predicted molar refractivity (Wildman–Crippen MR) is 123 cm³/mol. The Morgan fingerprint density at radius 1 is 1.12 bits per heavy atom. The van der Waals surface area contributed by atoms with Gasteiger partial charge >= 0.3 is 0 Å². The lowest BCUT2D eigenvalue weighted by atomic mass is 9.92. The van der Waals surface area contributed by atoms with Crippen LogP contribution in [0.4, 0.5) is 4.39 Å². The third-order valence-corrected chi connectivity index (χ3v) is 6.23. The van der Waals surface area contributed by atoms with Crippen LogP contribution in [0.2, 0.25) is 0 Å². The van der Waals surface area contributed by atoms with E-state index in [9.17, 15) is 14.3 Å². The molecule has 7 heteroatoms. The second-order valence-electron chi connectivity index (χ2n) is 8.56. The van der Waals surface area contributed by atoms with Gasteiger partial charge in [0.05, 0.1) is 23.4 Å². The Labute approximate surface area is 191 Å². The normalized spacial score (nSPS) is 18.4. The fraction of sp³-hybridized carbons (Fsp3) is 0.269. The first-order valence-corrected chi connectivity index (χ1v) is 11.2. The number of carbonyl (C=O) groups excluding carboxylic acids is 1. The highest BCUT2D eigenvalue weighted by molar-refractivity contribution is 5.93. The molecule has 0 unspecified atom stereocenters. The first kappa shape index (κ1) is 21.3.